The van der Waals surface area contributed by atoms with Crippen LogP contribution in [0.4, 0.5) is 0 Å². The molecule has 1 aromatic rings. The van der Waals surface area contributed by atoms with Crippen LogP contribution in [-0.4, -0.2) is 34.3 Å². The van der Waals surface area contributed by atoms with E-state index in [1.165, 1.54) is 11.1 Å². The second-order valence-corrected chi connectivity index (χ2v) is 7.76. The molecule has 0 spiro atoms. The van der Waals surface area contributed by atoms with Gasteiger partial charge in [0.1, 0.15) is 5.75 Å². The maximum Gasteiger partial charge on any atom is 0.303 e. The molecule has 1 saturated carbocycles. The molecule has 4 atom stereocenters. The van der Waals surface area contributed by atoms with E-state index in [0.717, 1.165) is 18.6 Å². The Balaban J connectivity index is 1.87. The van der Waals surface area contributed by atoms with E-state index in [-0.39, 0.29) is 23.6 Å². The Kier molecular flexibility index (Phi) is 7.98. The summed E-state index contributed by atoms with van der Waals surface area (Å²) >= 11 is 6.45. The lowest BCUT2D eigenvalue weighted by Gasteiger charge is -2.23. The number of benzene rings is 1. The second-order valence-electron chi connectivity index (χ2n) is 7.20. The number of aliphatic hydroxyl groups excluding tert-OH is 1. The van der Waals surface area contributed by atoms with Crippen LogP contribution in [0.2, 0.25) is 0 Å². The van der Waals surface area contributed by atoms with Crippen molar-refractivity contribution < 1.29 is 19.7 Å². The highest BCUT2D eigenvalue weighted by atomic mass is 35.5. The highest BCUT2D eigenvalue weighted by molar-refractivity contribution is 6.21. The first-order valence-corrected chi connectivity index (χ1v) is 9.71. The van der Waals surface area contributed by atoms with Crippen LogP contribution in [0.1, 0.15) is 43.2 Å². The van der Waals surface area contributed by atoms with Gasteiger partial charge in [0.2, 0.25) is 0 Å². The van der Waals surface area contributed by atoms with Crippen LogP contribution >= 0.6 is 11.6 Å². The predicted octanol–water partition coefficient (Wildman–Crippen LogP) is 4.49. The van der Waals surface area contributed by atoms with E-state index in [2.05, 4.69) is 19.9 Å². The highest BCUT2D eigenvalue weighted by Crippen LogP contribution is 2.39. The number of aliphatic hydroxyl groups is 1. The van der Waals surface area contributed by atoms with Crippen LogP contribution in [-0.2, 0) is 4.79 Å². The maximum absolute atomic E-state index is 10.5. The molecule has 4 nitrogen and oxygen atoms in total. The molecule has 5 heteroatoms. The van der Waals surface area contributed by atoms with Gasteiger partial charge in [0, 0.05) is 17.7 Å². The minimum Gasteiger partial charge on any atom is -0.493 e. The Morgan fingerprint density at radius 2 is 2.04 bits per heavy atom. The van der Waals surface area contributed by atoms with Crippen molar-refractivity contribution in [3.8, 4) is 5.75 Å². The number of ether oxygens (including phenoxy) is 1. The number of carboxylic acids is 1. The fourth-order valence-corrected chi connectivity index (χ4v) is 3.90. The van der Waals surface area contributed by atoms with E-state index < -0.39 is 12.1 Å². The fourth-order valence-electron chi connectivity index (χ4n) is 3.43. The van der Waals surface area contributed by atoms with Crippen LogP contribution in [0.25, 0.3) is 0 Å². The Morgan fingerprint density at radius 1 is 1.27 bits per heavy atom. The summed E-state index contributed by atoms with van der Waals surface area (Å²) in [5, 5.41) is 18.9. The van der Waals surface area contributed by atoms with Crippen LogP contribution < -0.4 is 4.74 Å². The lowest BCUT2D eigenvalue weighted by atomic mass is 9.92. The third-order valence-electron chi connectivity index (χ3n) is 5.23. The topological polar surface area (TPSA) is 66.8 Å². The van der Waals surface area contributed by atoms with Crippen molar-refractivity contribution in [3.63, 3.8) is 0 Å². The first-order valence-electron chi connectivity index (χ1n) is 9.27. The lowest BCUT2D eigenvalue weighted by Crippen LogP contribution is -2.27. The Bertz CT molecular complexity index is 628. The molecule has 1 fully saturated rings. The molecule has 26 heavy (non-hydrogen) atoms. The molecule has 0 amide bonds. The van der Waals surface area contributed by atoms with Gasteiger partial charge in [-0.2, -0.15) is 0 Å². The van der Waals surface area contributed by atoms with Gasteiger partial charge in [-0.3, -0.25) is 4.79 Å². The monoisotopic (exact) mass is 380 g/mol. The van der Waals surface area contributed by atoms with Crippen molar-refractivity contribution in [1.29, 1.82) is 0 Å². The van der Waals surface area contributed by atoms with Gasteiger partial charge in [0.05, 0.1) is 12.7 Å². The first kappa shape index (κ1) is 20.8. The van der Waals surface area contributed by atoms with Gasteiger partial charge in [0.15, 0.2) is 0 Å². The van der Waals surface area contributed by atoms with Gasteiger partial charge < -0.3 is 14.9 Å². The first-order chi connectivity index (χ1) is 12.4. The zero-order chi connectivity index (χ0) is 19.1. The van der Waals surface area contributed by atoms with Crippen molar-refractivity contribution in [1.82, 2.24) is 0 Å². The molecule has 0 aromatic heterocycles. The number of aliphatic carboxylic acids is 1. The number of aryl methyl sites for hydroxylation is 2. The summed E-state index contributed by atoms with van der Waals surface area (Å²) in [6.07, 6.45) is 6.56. The van der Waals surface area contributed by atoms with Crippen LogP contribution in [0.3, 0.4) is 0 Å². The molecule has 0 radical (unpaired) electrons. The molecule has 1 unspecified atom stereocenters. The number of rotatable bonds is 9. The van der Waals surface area contributed by atoms with Crippen molar-refractivity contribution >= 4 is 17.6 Å². The fraction of sp³-hybridized carbons (Fsp3) is 0.571. The summed E-state index contributed by atoms with van der Waals surface area (Å²) in [5.41, 5.74) is 2.41. The molecule has 1 aromatic carbocycles. The van der Waals surface area contributed by atoms with Crippen LogP contribution in [0, 0.1) is 25.7 Å². The van der Waals surface area contributed by atoms with Crippen molar-refractivity contribution in [2.75, 3.05) is 6.61 Å². The number of hydrogen-bond acceptors (Lipinski definition) is 3. The number of unbranched alkanes of at least 4 members (excludes halogenated alkanes) is 1. The number of alkyl halides is 1. The number of carbonyl (C=O) groups is 1. The van der Waals surface area contributed by atoms with Crippen LogP contribution in [0.15, 0.2) is 30.4 Å². The van der Waals surface area contributed by atoms with E-state index in [4.69, 9.17) is 21.4 Å². The smallest absolute Gasteiger partial charge is 0.303 e. The summed E-state index contributed by atoms with van der Waals surface area (Å²) in [6, 6.07) is 6.02. The highest BCUT2D eigenvalue weighted by Gasteiger charge is 2.41. The summed E-state index contributed by atoms with van der Waals surface area (Å²) in [5.74, 6) is 0.222. The quantitative estimate of drug-likeness (QED) is 0.376. The molecule has 2 N–H and O–H groups in total. The molecule has 144 valence electrons. The zero-order valence-electron chi connectivity index (χ0n) is 15.5. The van der Waals surface area contributed by atoms with Gasteiger partial charge in [0.25, 0.3) is 0 Å². The lowest BCUT2D eigenvalue weighted by molar-refractivity contribution is -0.137. The molecule has 0 heterocycles. The molecule has 0 bridgehead atoms. The van der Waals surface area contributed by atoms with Crippen molar-refractivity contribution in [3.05, 3.63) is 41.5 Å². The zero-order valence-corrected chi connectivity index (χ0v) is 16.3. The second kappa shape index (κ2) is 9.98. The molecule has 1 aliphatic rings. The molecule has 0 saturated heterocycles. The number of allylic oxidation sites excluding steroid dienone is 2. The SMILES string of the molecule is Cc1ccc(OC[C@H]2[C@H](O)CC(Cl)[C@@H]2C/C=C\CCCC(=O)O)cc1C. The minimum atomic E-state index is -0.762. The largest absolute Gasteiger partial charge is 0.493 e. The molecule has 2 rings (SSSR count). The molecular weight excluding hydrogens is 352 g/mol. The van der Waals surface area contributed by atoms with E-state index in [0.29, 0.717) is 19.4 Å². The number of halogens is 1. The summed E-state index contributed by atoms with van der Waals surface area (Å²) < 4.78 is 5.94. The van der Waals surface area contributed by atoms with Gasteiger partial charge >= 0.3 is 5.97 Å². The normalized spacial score (nSPS) is 25.7. The Morgan fingerprint density at radius 3 is 2.73 bits per heavy atom. The maximum atomic E-state index is 10.5. The van der Waals surface area contributed by atoms with Crippen LogP contribution in [0.5, 0.6) is 5.75 Å². The average molecular weight is 381 g/mol. The van der Waals surface area contributed by atoms with Crippen molar-refractivity contribution in [2.45, 2.75) is 57.4 Å². The van der Waals surface area contributed by atoms with E-state index in [1.54, 1.807) is 0 Å². The van der Waals surface area contributed by atoms with Gasteiger partial charge in [-0.25, -0.2) is 0 Å². The third-order valence-corrected chi connectivity index (χ3v) is 5.73. The molecule has 1 aliphatic carbocycles. The van der Waals surface area contributed by atoms with E-state index in [1.807, 2.05) is 24.3 Å². The summed E-state index contributed by atoms with van der Waals surface area (Å²) in [6.45, 7) is 4.57. The molecular formula is C21H29ClO4. The van der Waals surface area contributed by atoms with Crippen molar-refractivity contribution in [2.24, 2.45) is 11.8 Å². The standard InChI is InChI=1S/C21H29ClO4/c1-14-9-10-16(11-15(14)2)26-13-18-17(19(22)12-20(18)23)7-5-3-4-6-8-21(24)25/h3,5,9-11,17-20,23H,4,6-8,12-13H2,1-2H3,(H,24,25)/b5-3-/t17-,18-,19?,20-/m1/s1. The number of carboxylic acid groups (broad SMARTS) is 1. The Labute approximate surface area is 160 Å². The third kappa shape index (κ3) is 6.03. The number of hydrogen-bond donors (Lipinski definition) is 2. The van der Waals surface area contributed by atoms with E-state index >= 15 is 0 Å². The van der Waals surface area contributed by atoms with Gasteiger partial charge in [-0.05, 0) is 68.7 Å². The average Bonchev–Trinajstić information content (AvgIpc) is 2.85. The predicted molar refractivity (Wildman–Crippen MR) is 104 cm³/mol. The summed E-state index contributed by atoms with van der Waals surface area (Å²) in [7, 11) is 0. The van der Waals surface area contributed by atoms with Gasteiger partial charge in [-0.1, -0.05) is 18.2 Å². The molecule has 0 aliphatic heterocycles. The summed E-state index contributed by atoms with van der Waals surface area (Å²) in [4.78, 5) is 10.5. The van der Waals surface area contributed by atoms with E-state index in [9.17, 15) is 9.90 Å². The minimum absolute atomic E-state index is 0.00257. The Hall–Kier alpha value is -1.52. The van der Waals surface area contributed by atoms with Gasteiger partial charge in [-0.15, -0.1) is 11.6 Å².